The van der Waals surface area contributed by atoms with Gasteiger partial charge in [0, 0.05) is 11.8 Å². The topological polar surface area (TPSA) is 49.7 Å². The molecular formula is C20H30O3. The van der Waals surface area contributed by atoms with Crippen LogP contribution in [0, 0.1) is 11.8 Å². The quantitative estimate of drug-likeness (QED) is 0.618. The molecule has 128 valence electrons. The smallest absolute Gasteiger partial charge is 0.113 e. The van der Waals surface area contributed by atoms with Crippen molar-refractivity contribution < 1.29 is 14.9 Å². The van der Waals surface area contributed by atoms with E-state index in [0.29, 0.717) is 13.0 Å². The summed E-state index contributed by atoms with van der Waals surface area (Å²) in [5.41, 5.74) is 2.79. The summed E-state index contributed by atoms with van der Waals surface area (Å²) in [6.45, 7) is 10.9. The van der Waals surface area contributed by atoms with Gasteiger partial charge in [0.25, 0.3) is 0 Å². The van der Waals surface area contributed by atoms with Crippen molar-refractivity contribution >= 4 is 0 Å². The largest absolute Gasteiger partial charge is 0.393 e. The van der Waals surface area contributed by atoms with Crippen molar-refractivity contribution in [2.24, 2.45) is 11.8 Å². The first-order valence-electron chi connectivity index (χ1n) is 8.48. The molecule has 0 aromatic carbocycles. The lowest BCUT2D eigenvalue weighted by Crippen LogP contribution is -2.39. The lowest BCUT2D eigenvalue weighted by molar-refractivity contribution is -0.0252. The molecule has 2 aliphatic rings. The molecule has 1 saturated heterocycles. The number of hydrogen-bond donors (Lipinski definition) is 2. The van der Waals surface area contributed by atoms with E-state index in [0.717, 1.165) is 18.4 Å². The number of aliphatic hydroxyl groups excluding tert-OH is 2. The van der Waals surface area contributed by atoms with Crippen molar-refractivity contribution in [3.63, 3.8) is 0 Å². The van der Waals surface area contributed by atoms with E-state index in [-0.39, 0.29) is 18.4 Å². The van der Waals surface area contributed by atoms with Crippen molar-refractivity contribution in [2.45, 2.75) is 51.7 Å². The second-order valence-corrected chi connectivity index (χ2v) is 7.22. The van der Waals surface area contributed by atoms with Gasteiger partial charge in [-0.2, -0.15) is 0 Å². The van der Waals surface area contributed by atoms with Crippen LogP contribution in [0.25, 0.3) is 0 Å². The molecule has 3 nitrogen and oxygen atoms in total. The van der Waals surface area contributed by atoms with Crippen molar-refractivity contribution in [1.82, 2.24) is 0 Å². The molecule has 2 rings (SSSR count). The van der Waals surface area contributed by atoms with Crippen molar-refractivity contribution in [2.75, 3.05) is 13.2 Å². The molecule has 4 atom stereocenters. The zero-order valence-electron chi connectivity index (χ0n) is 14.6. The molecule has 0 unspecified atom stereocenters. The van der Waals surface area contributed by atoms with Gasteiger partial charge in [0.05, 0.1) is 19.3 Å². The fraction of sp³-hybridized carbons (Fsp3) is 0.600. The molecule has 1 aliphatic carbocycles. The van der Waals surface area contributed by atoms with Gasteiger partial charge in [-0.15, -0.1) is 0 Å². The predicted octanol–water partition coefficient (Wildman–Crippen LogP) is 3.55. The van der Waals surface area contributed by atoms with E-state index in [4.69, 9.17) is 4.74 Å². The number of ether oxygens (including phenoxy) is 1. The van der Waals surface area contributed by atoms with Gasteiger partial charge in [0.15, 0.2) is 0 Å². The van der Waals surface area contributed by atoms with E-state index in [1.165, 1.54) is 11.1 Å². The summed E-state index contributed by atoms with van der Waals surface area (Å²) >= 11 is 0. The van der Waals surface area contributed by atoms with E-state index in [9.17, 15) is 10.2 Å². The Bertz CT molecular complexity index is 525. The molecule has 0 aromatic rings. The van der Waals surface area contributed by atoms with Gasteiger partial charge in [-0.25, -0.2) is 0 Å². The predicted molar refractivity (Wildman–Crippen MR) is 94.1 cm³/mol. The van der Waals surface area contributed by atoms with Gasteiger partial charge in [0.1, 0.15) is 5.60 Å². The summed E-state index contributed by atoms with van der Waals surface area (Å²) in [6, 6.07) is 0. The Morgan fingerprint density at radius 2 is 2.22 bits per heavy atom. The van der Waals surface area contributed by atoms with Crippen LogP contribution in [0.2, 0.25) is 0 Å². The second kappa shape index (κ2) is 7.61. The fourth-order valence-corrected chi connectivity index (χ4v) is 3.72. The SMILES string of the molecule is C=C1C[C@@H](O)/C=C(\C)CC[C@H]2[C@H]1CO[C@@]2(/C=C/C=C(C)C)CO. The Morgan fingerprint density at radius 3 is 2.87 bits per heavy atom. The highest BCUT2D eigenvalue weighted by Crippen LogP contribution is 2.45. The van der Waals surface area contributed by atoms with Crippen LogP contribution in [-0.4, -0.2) is 35.1 Å². The van der Waals surface area contributed by atoms with Gasteiger partial charge in [-0.1, -0.05) is 47.6 Å². The zero-order chi connectivity index (χ0) is 17.0. The highest BCUT2D eigenvalue weighted by Gasteiger charge is 2.48. The lowest BCUT2D eigenvalue weighted by atomic mass is 9.74. The normalized spacial score (nSPS) is 37.5. The van der Waals surface area contributed by atoms with Gasteiger partial charge in [-0.3, -0.25) is 0 Å². The average Bonchev–Trinajstić information content (AvgIpc) is 2.84. The van der Waals surface area contributed by atoms with Crippen LogP contribution in [-0.2, 0) is 4.74 Å². The van der Waals surface area contributed by atoms with Crippen LogP contribution in [0.5, 0.6) is 0 Å². The number of rotatable bonds is 3. The molecule has 23 heavy (non-hydrogen) atoms. The summed E-state index contributed by atoms with van der Waals surface area (Å²) in [7, 11) is 0. The first-order valence-corrected chi connectivity index (χ1v) is 8.48. The molecule has 0 saturated carbocycles. The Balaban J connectivity index is 2.30. The third-order valence-electron chi connectivity index (χ3n) is 5.02. The van der Waals surface area contributed by atoms with E-state index in [1.807, 2.05) is 38.2 Å². The highest BCUT2D eigenvalue weighted by atomic mass is 16.5. The Hall–Kier alpha value is -1.16. The molecule has 0 spiro atoms. The molecular weight excluding hydrogens is 288 g/mol. The van der Waals surface area contributed by atoms with Crippen LogP contribution in [0.1, 0.15) is 40.0 Å². The number of aliphatic hydroxyl groups is 2. The molecule has 0 bridgehead atoms. The zero-order valence-corrected chi connectivity index (χ0v) is 14.6. The maximum Gasteiger partial charge on any atom is 0.113 e. The summed E-state index contributed by atoms with van der Waals surface area (Å²) in [6.07, 6.45) is 9.91. The maximum absolute atomic E-state index is 10.1. The number of fused-ring (bicyclic) bond motifs is 1. The average molecular weight is 318 g/mol. The molecule has 1 aliphatic heterocycles. The first kappa shape index (κ1) is 18.2. The van der Waals surface area contributed by atoms with Crippen LogP contribution < -0.4 is 0 Å². The summed E-state index contributed by atoms with van der Waals surface area (Å²) < 4.78 is 6.08. The van der Waals surface area contributed by atoms with Crippen LogP contribution in [0.15, 0.2) is 47.6 Å². The fourth-order valence-electron chi connectivity index (χ4n) is 3.72. The lowest BCUT2D eigenvalue weighted by Gasteiger charge is -2.32. The van der Waals surface area contributed by atoms with E-state index in [1.54, 1.807) is 0 Å². The standard InChI is InChI=1S/C20H30O3/c1-14(2)6-5-9-20(13-21)19-8-7-15(3)10-17(22)11-16(4)18(19)12-23-20/h5-6,9-10,17-19,21-22H,4,7-8,11-13H2,1-3H3/b9-5+,15-10+/t17-,18-,19-,20-/m0/s1. The Morgan fingerprint density at radius 1 is 1.48 bits per heavy atom. The van der Waals surface area contributed by atoms with E-state index < -0.39 is 11.7 Å². The molecule has 3 heteroatoms. The highest BCUT2D eigenvalue weighted by molar-refractivity contribution is 5.23. The second-order valence-electron chi connectivity index (χ2n) is 7.22. The minimum absolute atomic E-state index is 0.0279. The van der Waals surface area contributed by atoms with Crippen LogP contribution in [0.3, 0.4) is 0 Å². The third-order valence-corrected chi connectivity index (χ3v) is 5.02. The summed E-state index contributed by atoms with van der Waals surface area (Å²) in [4.78, 5) is 0. The molecule has 0 amide bonds. The minimum Gasteiger partial charge on any atom is -0.393 e. The third kappa shape index (κ3) is 4.23. The monoisotopic (exact) mass is 318 g/mol. The maximum atomic E-state index is 10.1. The molecule has 2 N–H and O–H groups in total. The van der Waals surface area contributed by atoms with Crippen molar-refractivity contribution in [1.29, 1.82) is 0 Å². The Labute approximate surface area is 140 Å². The number of allylic oxidation sites excluding steroid dienone is 4. The van der Waals surface area contributed by atoms with Crippen molar-refractivity contribution in [3.8, 4) is 0 Å². The van der Waals surface area contributed by atoms with Gasteiger partial charge >= 0.3 is 0 Å². The van der Waals surface area contributed by atoms with Gasteiger partial charge in [0.2, 0.25) is 0 Å². The summed E-state index contributed by atoms with van der Waals surface area (Å²) in [5.74, 6) is 0.378. The van der Waals surface area contributed by atoms with Gasteiger partial charge < -0.3 is 14.9 Å². The minimum atomic E-state index is -0.644. The van der Waals surface area contributed by atoms with Gasteiger partial charge in [-0.05, 0) is 40.0 Å². The Kier molecular flexibility index (Phi) is 6.01. The van der Waals surface area contributed by atoms with E-state index >= 15 is 0 Å². The first-order chi connectivity index (χ1) is 10.9. The number of hydrogen-bond acceptors (Lipinski definition) is 3. The molecule has 1 heterocycles. The van der Waals surface area contributed by atoms with Crippen LogP contribution in [0.4, 0.5) is 0 Å². The molecule has 0 aromatic heterocycles. The van der Waals surface area contributed by atoms with Crippen LogP contribution >= 0.6 is 0 Å². The molecule has 1 fully saturated rings. The van der Waals surface area contributed by atoms with E-state index in [2.05, 4.69) is 13.5 Å². The molecule has 0 radical (unpaired) electrons. The summed E-state index contributed by atoms with van der Waals surface area (Å²) in [5, 5.41) is 20.2. The van der Waals surface area contributed by atoms with Crippen molar-refractivity contribution in [3.05, 3.63) is 47.6 Å².